The van der Waals surface area contributed by atoms with Crippen LogP contribution in [-0.2, 0) is 0 Å². The summed E-state index contributed by atoms with van der Waals surface area (Å²) in [5, 5.41) is 0.651. The van der Waals surface area contributed by atoms with Gasteiger partial charge in [0.05, 0.1) is 10.2 Å². The van der Waals surface area contributed by atoms with E-state index < -0.39 is 0 Å². The predicted molar refractivity (Wildman–Crippen MR) is 78.4 cm³/mol. The van der Waals surface area contributed by atoms with Crippen molar-refractivity contribution in [1.29, 1.82) is 0 Å². The van der Waals surface area contributed by atoms with Crippen molar-refractivity contribution in [2.45, 2.75) is 6.92 Å². The summed E-state index contributed by atoms with van der Waals surface area (Å²) < 4.78 is 1.18. The lowest BCUT2D eigenvalue weighted by atomic mass is 10.2. The second-order valence-corrected chi connectivity index (χ2v) is 5.69. The molecule has 1 aromatic heterocycles. The molecule has 0 unspecified atom stereocenters. The summed E-state index contributed by atoms with van der Waals surface area (Å²) in [4.78, 5) is 9.23. The van der Waals surface area contributed by atoms with E-state index in [4.69, 9.17) is 5.73 Å². The van der Waals surface area contributed by atoms with E-state index in [-0.39, 0.29) is 0 Å². The van der Waals surface area contributed by atoms with Crippen molar-refractivity contribution in [2.24, 2.45) is 0 Å². The van der Waals surface area contributed by atoms with Crippen molar-refractivity contribution in [1.82, 2.24) is 9.88 Å². The number of aromatic nitrogens is 1. The number of piperazine rings is 1. The zero-order valence-corrected chi connectivity index (χ0v) is 11.4. The molecule has 0 atom stereocenters. The van der Waals surface area contributed by atoms with Gasteiger partial charge in [0.15, 0.2) is 5.13 Å². The van der Waals surface area contributed by atoms with Crippen LogP contribution in [0.1, 0.15) is 6.92 Å². The van der Waals surface area contributed by atoms with Crippen LogP contribution in [0.15, 0.2) is 18.2 Å². The number of nitrogen functional groups attached to an aromatic ring is 1. The number of hydrogen-bond donors (Lipinski definition) is 1. The Bertz CT molecular complexity index is 543. The van der Waals surface area contributed by atoms with E-state index in [0.29, 0.717) is 5.13 Å². The number of rotatable bonds is 2. The molecule has 96 valence electrons. The number of fused-ring (bicyclic) bond motifs is 1. The smallest absolute Gasteiger partial charge is 0.181 e. The van der Waals surface area contributed by atoms with E-state index in [0.717, 1.165) is 38.2 Å². The number of hydrogen-bond acceptors (Lipinski definition) is 5. The van der Waals surface area contributed by atoms with Crippen molar-refractivity contribution in [3.05, 3.63) is 18.2 Å². The van der Waals surface area contributed by atoms with Crippen LogP contribution in [0.25, 0.3) is 10.2 Å². The van der Waals surface area contributed by atoms with Gasteiger partial charge in [0.2, 0.25) is 0 Å². The first-order valence-corrected chi connectivity index (χ1v) is 7.21. The Morgan fingerprint density at radius 3 is 2.78 bits per heavy atom. The first-order chi connectivity index (χ1) is 8.76. The van der Waals surface area contributed by atoms with Gasteiger partial charge in [-0.25, -0.2) is 4.98 Å². The molecule has 3 rings (SSSR count). The van der Waals surface area contributed by atoms with Gasteiger partial charge in [-0.2, -0.15) is 0 Å². The normalized spacial score (nSPS) is 17.5. The third kappa shape index (κ3) is 2.15. The van der Waals surface area contributed by atoms with E-state index in [1.807, 2.05) is 0 Å². The predicted octanol–water partition coefficient (Wildman–Crippen LogP) is 2.02. The molecule has 1 aliphatic heterocycles. The van der Waals surface area contributed by atoms with Crippen LogP contribution in [0.5, 0.6) is 0 Å². The van der Waals surface area contributed by atoms with Gasteiger partial charge in [0.25, 0.3) is 0 Å². The van der Waals surface area contributed by atoms with E-state index in [1.165, 1.54) is 10.4 Å². The van der Waals surface area contributed by atoms with Crippen LogP contribution in [-0.4, -0.2) is 42.6 Å². The zero-order chi connectivity index (χ0) is 12.5. The standard InChI is InChI=1S/C13H18N4S/c1-2-16-5-7-17(8-6-16)10-3-4-11-12(9-10)18-13(14)15-11/h3-4,9H,2,5-8H2,1H3,(H2,14,15). The summed E-state index contributed by atoms with van der Waals surface area (Å²) >= 11 is 1.56. The van der Waals surface area contributed by atoms with Crippen molar-refractivity contribution in [3.8, 4) is 0 Å². The summed E-state index contributed by atoms with van der Waals surface area (Å²) in [5.41, 5.74) is 8.04. The van der Waals surface area contributed by atoms with Crippen LogP contribution < -0.4 is 10.6 Å². The van der Waals surface area contributed by atoms with Gasteiger partial charge >= 0.3 is 0 Å². The highest BCUT2D eigenvalue weighted by Crippen LogP contribution is 2.28. The van der Waals surface area contributed by atoms with Crippen molar-refractivity contribution in [3.63, 3.8) is 0 Å². The highest BCUT2D eigenvalue weighted by atomic mass is 32.1. The summed E-state index contributed by atoms with van der Waals surface area (Å²) in [6, 6.07) is 6.44. The fourth-order valence-electron chi connectivity index (χ4n) is 2.45. The topological polar surface area (TPSA) is 45.4 Å². The molecule has 2 N–H and O–H groups in total. The number of nitrogens with two attached hydrogens (primary N) is 1. The van der Waals surface area contributed by atoms with E-state index in [1.54, 1.807) is 11.3 Å². The van der Waals surface area contributed by atoms with Crippen LogP contribution in [0.4, 0.5) is 10.8 Å². The molecule has 5 heteroatoms. The summed E-state index contributed by atoms with van der Waals surface area (Å²) in [5.74, 6) is 0. The lowest BCUT2D eigenvalue weighted by Crippen LogP contribution is -2.46. The summed E-state index contributed by atoms with van der Waals surface area (Å²) in [6.45, 7) is 7.89. The molecule has 0 saturated carbocycles. The third-order valence-corrected chi connectivity index (χ3v) is 4.42. The van der Waals surface area contributed by atoms with Gasteiger partial charge in [-0.15, -0.1) is 0 Å². The first kappa shape index (κ1) is 11.7. The van der Waals surface area contributed by atoms with Gasteiger partial charge in [-0.1, -0.05) is 18.3 Å². The molecule has 1 aliphatic rings. The average molecular weight is 262 g/mol. The Morgan fingerprint density at radius 2 is 2.06 bits per heavy atom. The maximum Gasteiger partial charge on any atom is 0.181 e. The largest absolute Gasteiger partial charge is 0.375 e. The second kappa shape index (κ2) is 4.74. The molecule has 18 heavy (non-hydrogen) atoms. The maximum absolute atomic E-state index is 5.74. The van der Waals surface area contributed by atoms with Gasteiger partial charge < -0.3 is 15.5 Å². The minimum Gasteiger partial charge on any atom is -0.375 e. The molecule has 2 aromatic rings. The molecule has 0 aliphatic carbocycles. The quantitative estimate of drug-likeness (QED) is 0.899. The molecule has 0 bridgehead atoms. The SMILES string of the molecule is CCN1CCN(c2ccc3nc(N)sc3c2)CC1. The number of benzene rings is 1. The molecule has 0 radical (unpaired) electrons. The van der Waals surface area contributed by atoms with Crippen LogP contribution >= 0.6 is 11.3 Å². The molecular weight excluding hydrogens is 244 g/mol. The minimum absolute atomic E-state index is 0.651. The van der Waals surface area contributed by atoms with Crippen LogP contribution in [0.3, 0.4) is 0 Å². The minimum atomic E-state index is 0.651. The molecule has 0 spiro atoms. The Morgan fingerprint density at radius 1 is 1.28 bits per heavy atom. The van der Waals surface area contributed by atoms with E-state index in [9.17, 15) is 0 Å². The average Bonchev–Trinajstić information content (AvgIpc) is 2.78. The highest BCUT2D eigenvalue weighted by Gasteiger charge is 2.16. The van der Waals surface area contributed by atoms with Crippen molar-refractivity contribution in [2.75, 3.05) is 43.4 Å². The molecule has 4 nitrogen and oxygen atoms in total. The number of likely N-dealkylation sites (N-methyl/N-ethyl adjacent to an activating group) is 1. The second-order valence-electron chi connectivity index (χ2n) is 4.63. The third-order valence-electron chi connectivity index (χ3n) is 3.57. The van der Waals surface area contributed by atoms with Gasteiger partial charge in [0, 0.05) is 31.9 Å². The first-order valence-electron chi connectivity index (χ1n) is 6.39. The molecule has 2 heterocycles. The highest BCUT2D eigenvalue weighted by molar-refractivity contribution is 7.22. The lowest BCUT2D eigenvalue weighted by Gasteiger charge is -2.35. The van der Waals surface area contributed by atoms with E-state index in [2.05, 4.69) is 39.9 Å². The molecule has 1 aromatic carbocycles. The fraction of sp³-hybridized carbons (Fsp3) is 0.462. The Balaban J connectivity index is 1.82. The zero-order valence-electron chi connectivity index (χ0n) is 10.6. The lowest BCUT2D eigenvalue weighted by molar-refractivity contribution is 0.271. The van der Waals surface area contributed by atoms with Gasteiger partial charge in [-0.05, 0) is 24.7 Å². The van der Waals surface area contributed by atoms with Crippen molar-refractivity contribution < 1.29 is 0 Å². The van der Waals surface area contributed by atoms with Gasteiger partial charge in [0.1, 0.15) is 0 Å². The number of thiazole rings is 1. The summed E-state index contributed by atoms with van der Waals surface area (Å²) in [6.07, 6.45) is 0. The summed E-state index contributed by atoms with van der Waals surface area (Å²) in [7, 11) is 0. The Kier molecular flexibility index (Phi) is 3.09. The monoisotopic (exact) mass is 262 g/mol. The van der Waals surface area contributed by atoms with E-state index >= 15 is 0 Å². The Labute approximate surface area is 111 Å². The molecule has 1 fully saturated rings. The molecule has 1 saturated heterocycles. The van der Waals surface area contributed by atoms with Crippen LogP contribution in [0, 0.1) is 0 Å². The number of anilines is 2. The number of nitrogens with zero attached hydrogens (tertiary/aromatic N) is 3. The molecule has 0 amide bonds. The fourth-order valence-corrected chi connectivity index (χ4v) is 3.22. The maximum atomic E-state index is 5.74. The van der Waals surface area contributed by atoms with Crippen LogP contribution in [0.2, 0.25) is 0 Å². The Hall–Kier alpha value is -1.33. The molecular formula is C13H18N4S. The van der Waals surface area contributed by atoms with Gasteiger partial charge in [-0.3, -0.25) is 0 Å². The van der Waals surface area contributed by atoms with Crippen molar-refractivity contribution >= 4 is 32.4 Å².